The summed E-state index contributed by atoms with van der Waals surface area (Å²) in [5, 5.41) is 0.856. The van der Waals surface area contributed by atoms with Crippen LogP contribution in [0.15, 0.2) is 66.7 Å². The molecule has 0 unspecified atom stereocenters. The third kappa shape index (κ3) is 14.8. The molecular formula is C43H61ClF2O3. The van der Waals surface area contributed by atoms with Crippen LogP contribution in [-0.2, 0) is 0 Å². The van der Waals surface area contributed by atoms with E-state index in [-0.39, 0.29) is 13.3 Å². The van der Waals surface area contributed by atoms with E-state index in [2.05, 4.69) is 78.8 Å². The highest BCUT2D eigenvalue weighted by Crippen LogP contribution is 2.30. The summed E-state index contributed by atoms with van der Waals surface area (Å²) in [4.78, 5) is 0. The van der Waals surface area contributed by atoms with Gasteiger partial charge in [-0.3, -0.25) is 0 Å². The van der Waals surface area contributed by atoms with Crippen LogP contribution < -0.4 is 14.2 Å². The summed E-state index contributed by atoms with van der Waals surface area (Å²) in [5.74, 6) is 3.41. The number of aryl methyl sites for hydroxylation is 3. The fourth-order valence-corrected chi connectivity index (χ4v) is 5.06. The van der Waals surface area contributed by atoms with Crippen molar-refractivity contribution in [1.82, 2.24) is 0 Å². The van der Waals surface area contributed by atoms with Gasteiger partial charge in [-0.1, -0.05) is 105 Å². The summed E-state index contributed by atoms with van der Waals surface area (Å²) in [7, 11) is 5.01. The van der Waals surface area contributed by atoms with Gasteiger partial charge in [-0.2, -0.15) is 0 Å². The SMILES string of the molecule is C.COc1ccc(C(C)C)cc1C.COc1ccc(C(C)C)cc1OC.Cc1cc(C(C)C)ccc1Cl.Cc1cc(F)cc(F)c1C(C)C. The maximum Gasteiger partial charge on any atom is 0.160 e. The van der Waals surface area contributed by atoms with E-state index < -0.39 is 11.6 Å². The fourth-order valence-electron chi connectivity index (χ4n) is 4.94. The van der Waals surface area contributed by atoms with Crippen LogP contribution in [-0.4, -0.2) is 21.3 Å². The molecule has 0 atom stereocenters. The smallest absolute Gasteiger partial charge is 0.160 e. The van der Waals surface area contributed by atoms with E-state index in [9.17, 15) is 8.78 Å². The maximum atomic E-state index is 13.1. The lowest BCUT2D eigenvalue weighted by atomic mass is 9.97. The molecule has 49 heavy (non-hydrogen) atoms. The van der Waals surface area contributed by atoms with Crippen LogP contribution in [0.5, 0.6) is 17.2 Å². The average Bonchev–Trinajstić information content (AvgIpc) is 3.02. The van der Waals surface area contributed by atoms with Gasteiger partial charge in [0, 0.05) is 11.1 Å². The van der Waals surface area contributed by atoms with Crippen LogP contribution in [0.1, 0.15) is 125 Å². The van der Waals surface area contributed by atoms with Gasteiger partial charge in [0.15, 0.2) is 11.5 Å². The zero-order valence-electron chi connectivity index (χ0n) is 31.5. The first kappa shape index (κ1) is 45.4. The number of halogens is 3. The van der Waals surface area contributed by atoms with E-state index in [0.717, 1.165) is 33.9 Å². The van der Waals surface area contributed by atoms with E-state index in [1.54, 1.807) is 28.3 Å². The lowest BCUT2D eigenvalue weighted by Gasteiger charge is -2.11. The van der Waals surface area contributed by atoms with Crippen LogP contribution >= 0.6 is 11.6 Å². The molecule has 4 rings (SSSR count). The highest BCUT2D eigenvalue weighted by molar-refractivity contribution is 6.31. The van der Waals surface area contributed by atoms with Gasteiger partial charge < -0.3 is 14.2 Å². The van der Waals surface area contributed by atoms with Crippen LogP contribution in [0.25, 0.3) is 0 Å². The molecule has 0 saturated heterocycles. The second-order valence-electron chi connectivity index (χ2n) is 13.1. The normalized spacial score (nSPS) is 10.3. The molecule has 0 bridgehead atoms. The molecule has 0 heterocycles. The van der Waals surface area contributed by atoms with Crippen molar-refractivity contribution in [1.29, 1.82) is 0 Å². The Kier molecular flexibility index (Phi) is 20.6. The van der Waals surface area contributed by atoms with Crippen molar-refractivity contribution < 1.29 is 23.0 Å². The standard InChI is InChI=1S/C11H16O2.C11H16O.C10H13Cl.C10H12F2.CH4/c1-8(2)9-5-6-10(12-3)11(7-9)13-4;1-8(2)10-5-6-11(12-4)9(3)7-10;1-7(2)9-4-5-10(11)8(3)6-9;1-6(2)10-7(3)4-8(11)5-9(10)12;/h5-8H,1-4H3;5-8H,1-4H3;4-7H,1-3H3;4-6H,1-3H3;1H4. The zero-order valence-corrected chi connectivity index (χ0v) is 32.3. The highest BCUT2D eigenvalue weighted by Gasteiger charge is 2.11. The fraction of sp³-hybridized carbons (Fsp3) is 0.442. The molecule has 0 spiro atoms. The predicted octanol–water partition coefficient (Wildman–Crippen LogP) is 13.8. The van der Waals surface area contributed by atoms with Gasteiger partial charge in [-0.15, -0.1) is 0 Å². The Morgan fingerprint density at radius 3 is 1.31 bits per heavy atom. The second-order valence-corrected chi connectivity index (χ2v) is 13.5. The molecule has 0 aliphatic carbocycles. The van der Waals surface area contributed by atoms with Gasteiger partial charge in [-0.05, 0) is 114 Å². The third-order valence-corrected chi connectivity index (χ3v) is 8.31. The van der Waals surface area contributed by atoms with Crippen LogP contribution in [0.2, 0.25) is 5.02 Å². The molecule has 0 saturated carbocycles. The molecule has 0 radical (unpaired) electrons. The Morgan fingerprint density at radius 1 is 0.490 bits per heavy atom. The highest BCUT2D eigenvalue weighted by atomic mass is 35.5. The number of rotatable bonds is 7. The Labute approximate surface area is 302 Å². The zero-order chi connectivity index (χ0) is 36.7. The van der Waals surface area contributed by atoms with Gasteiger partial charge in [-0.25, -0.2) is 8.78 Å². The van der Waals surface area contributed by atoms with Crippen molar-refractivity contribution in [3.05, 3.63) is 122 Å². The number of hydrogen-bond donors (Lipinski definition) is 0. The molecular weight excluding hydrogens is 638 g/mol. The summed E-state index contributed by atoms with van der Waals surface area (Å²) in [6.07, 6.45) is 0. The molecule has 4 aromatic carbocycles. The molecule has 3 nitrogen and oxygen atoms in total. The van der Waals surface area contributed by atoms with Crippen LogP contribution in [0, 0.1) is 32.4 Å². The Hall–Kier alpha value is -3.57. The molecule has 0 aromatic heterocycles. The molecule has 0 aliphatic rings. The van der Waals surface area contributed by atoms with Crippen molar-refractivity contribution in [3.63, 3.8) is 0 Å². The third-order valence-electron chi connectivity index (χ3n) is 7.89. The van der Waals surface area contributed by atoms with Crippen molar-refractivity contribution in [2.24, 2.45) is 0 Å². The topological polar surface area (TPSA) is 27.7 Å². The number of ether oxygens (including phenoxy) is 3. The van der Waals surface area contributed by atoms with Gasteiger partial charge in [0.25, 0.3) is 0 Å². The molecule has 0 fully saturated rings. The quantitative estimate of drug-likeness (QED) is 0.192. The van der Waals surface area contributed by atoms with E-state index in [1.165, 1.54) is 28.3 Å². The van der Waals surface area contributed by atoms with E-state index >= 15 is 0 Å². The van der Waals surface area contributed by atoms with Crippen molar-refractivity contribution in [3.8, 4) is 17.2 Å². The van der Waals surface area contributed by atoms with Gasteiger partial charge in [0.05, 0.1) is 21.3 Å². The van der Waals surface area contributed by atoms with Crippen LogP contribution in [0.4, 0.5) is 8.78 Å². The first-order valence-electron chi connectivity index (χ1n) is 16.5. The largest absolute Gasteiger partial charge is 0.496 e. The van der Waals surface area contributed by atoms with Crippen molar-refractivity contribution >= 4 is 11.6 Å². The summed E-state index contributed by atoms with van der Waals surface area (Å²) < 4.78 is 41.3. The van der Waals surface area contributed by atoms with Gasteiger partial charge in [0.2, 0.25) is 0 Å². The maximum absolute atomic E-state index is 13.1. The summed E-state index contributed by atoms with van der Waals surface area (Å²) in [6.45, 7) is 22.7. The van der Waals surface area contributed by atoms with E-state index in [0.29, 0.717) is 28.9 Å². The molecule has 0 N–H and O–H groups in total. The molecule has 0 aliphatic heterocycles. The Balaban J connectivity index is 0.000000624. The molecule has 6 heteroatoms. The first-order chi connectivity index (χ1) is 22.5. The Bertz CT molecular complexity index is 1540. The minimum absolute atomic E-state index is 0. The van der Waals surface area contributed by atoms with Gasteiger partial charge >= 0.3 is 0 Å². The van der Waals surface area contributed by atoms with Crippen molar-refractivity contribution in [2.75, 3.05) is 21.3 Å². The van der Waals surface area contributed by atoms with E-state index in [1.807, 2.05) is 45.0 Å². The minimum atomic E-state index is -0.505. The van der Waals surface area contributed by atoms with Crippen LogP contribution in [0.3, 0.4) is 0 Å². The van der Waals surface area contributed by atoms with E-state index in [4.69, 9.17) is 25.8 Å². The second kappa shape index (κ2) is 22.2. The predicted molar refractivity (Wildman–Crippen MR) is 208 cm³/mol. The average molecular weight is 699 g/mol. The van der Waals surface area contributed by atoms with Gasteiger partial charge in [0.1, 0.15) is 17.4 Å². The monoisotopic (exact) mass is 698 g/mol. The summed E-state index contributed by atoms with van der Waals surface area (Å²) >= 11 is 5.89. The number of hydrogen-bond acceptors (Lipinski definition) is 3. The first-order valence-corrected chi connectivity index (χ1v) is 16.9. The Morgan fingerprint density at radius 2 is 0.918 bits per heavy atom. The lowest BCUT2D eigenvalue weighted by molar-refractivity contribution is 0.354. The van der Waals surface area contributed by atoms with Crippen molar-refractivity contribution in [2.45, 2.75) is 107 Å². The minimum Gasteiger partial charge on any atom is -0.496 e. The molecule has 4 aromatic rings. The molecule has 0 amide bonds. The summed E-state index contributed by atoms with van der Waals surface area (Å²) in [6, 6.07) is 20.8. The summed E-state index contributed by atoms with van der Waals surface area (Å²) in [5.41, 5.74) is 7.65. The lowest BCUT2D eigenvalue weighted by Crippen LogP contribution is -1.97. The number of methoxy groups -OCH3 is 3. The number of benzene rings is 4. The molecule has 272 valence electrons.